The van der Waals surface area contributed by atoms with E-state index >= 15 is 0 Å². The van der Waals surface area contributed by atoms with Crippen LogP contribution in [0.2, 0.25) is 0 Å². The lowest BCUT2D eigenvalue weighted by molar-refractivity contribution is -0.148. The van der Waals surface area contributed by atoms with Crippen LogP contribution in [0.15, 0.2) is 0 Å². The number of carbonyl (C=O) groups is 2. The van der Waals surface area contributed by atoms with Gasteiger partial charge >= 0.3 is 5.97 Å². The minimum Gasteiger partial charge on any atom is -0.481 e. The molecule has 8 heteroatoms. The van der Waals surface area contributed by atoms with Crippen LogP contribution >= 0.6 is 11.3 Å². The summed E-state index contributed by atoms with van der Waals surface area (Å²) in [5, 5.41) is 20.1. The van der Waals surface area contributed by atoms with Gasteiger partial charge in [-0.1, -0.05) is 18.3 Å². The van der Waals surface area contributed by atoms with Crippen molar-refractivity contribution in [3.63, 3.8) is 0 Å². The van der Waals surface area contributed by atoms with Crippen molar-refractivity contribution in [3.8, 4) is 0 Å². The fourth-order valence-corrected chi connectivity index (χ4v) is 4.91. The minimum absolute atomic E-state index is 0.0313. The molecule has 130 valence electrons. The third-order valence-electron chi connectivity index (χ3n) is 5.46. The highest BCUT2D eigenvalue weighted by molar-refractivity contribution is 7.15. The van der Waals surface area contributed by atoms with Crippen molar-refractivity contribution in [1.82, 2.24) is 15.1 Å². The Morgan fingerprint density at radius 2 is 2.08 bits per heavy atom. The molecule has 7 nitrogen and oxygen atoms in total. The van der Waals surface area contributed by atoms with E-state index in [9.17, 15) is 14.7 Å². The Hall–Kier alpha value is -1.70. The number of carboxylic acids is 1. The summed E-state index contributed by atoms with van der Waals surface area (Å²) in [6, 6.07) is 0. The second-order valence-corrected chi connectivity index (χ2v) is 8.30. The van der Waals surface area contributed by atoms with E-state index in [0.717, 1.165) is 35.8 Å². The Morgan fingerprint density at radius 3 is 2.71 bits per heavy atom. The number of anilines is 1. The summed E-state index contributed by atoms with van der Waals surface area (Å²) < 4.78 is 0. The molecule has 4 rings (SSSR count). The number of aromatic nitrogens is 2. The number of aryl methyl sites for hydroxylation is 1. The van der Waals surface area contributed by atoms with Gasteiger partial charge in [-0.05, 0) is 19.3 Å². The Kier molecular flexibility index (Phi) is 3.74. The molecule has 0 radical (unpaired) electrons. The van der Waals surface area contributed by atoms with Gasteiger partial charge in [-0.3, -0.25) is 9.59 Å². The molecule has 1 N–H and O–H groups in total. The largest absolute Gasteiger partial charge is 0.481 e. The van der Waals surface area contributed by atoms with Crippen molar-refractivity contribution < 1.29 is 14.7 Å². The molecular weight excluding hydrogens is 328 g/mol. The Morgan fingerprint density at radius 1 is 1.29 bits per heavy atom. The van der Waals surface area contributed by atoms with Crippen LogP contribution in [-0.2, 0) is 16.0 Å². The summed E-state index contributed by atoms with van der Waals surface area (Å²) >= 11 is 1.56. The van der Waals surface area contributed by atoms with E-state index in [1.807, 2.05) is 0 Å². The average molecular weight is 350 g/mol. The van der Waals surface area contributed by atoms with E-state index in [1.54, 1.807) is 16.2 Å². The van der Waals surface area contributed by atoms with Crippen molar-refractivity contribution in [2.24, 2.45) is 17.3 Å². The number of nitrogens with zero attached hydrogens (tertiary/aromatic N) is 4. The second-order valence-electron chi connectivity index (χ2n) is 7.26. The molecular formula is C16H22N4O3S. The predicted molar refractivity (Wildman–Crippen MR) is 89.0 cm³/mol. The van der Waals surface area contributed by atoms with Gasteiger partial charge in [0.25, 0.3) is 0 Å². The molecule has 1 aromatic heterocycles. The summed E-state index contributed by atoms with van der Waals surface area (Å²) in [5.74, 6) is -0.529. The topological polar surface area (TPSA) is 86.6 Å². The van der Waals surface area contributed by atoms with Crippen molar-refractivity contribution in [3.05, 3.63) is 5.01 Å². The first-order valence-electron chi connectivity index (χ1n) is 8.63. The Labute approximate surface area is 144 Å². The first kappa shape index (κ1) is 15.8. The second kappa shape index (κ2) is 5.68. The van der Waals surface area contributed by atoms with Gasteiger partial charge in [0.15, 0.2) is 0 Å². The van der Waals surface area contributed by atoms with Crippen LogP contribution in [-0.4, -0.2) is 58.3 Å². The van der Waals surface area contributed by atoms with E-state index < -0.39 is 11.4 Å². The van der Waals surface area contributed by atoms with Gasteiger partial charge in [0, 0.05) is 44.4 Å². The molecule has 1 saturated carbocycles. The van der Waals surface area contributed by atoms with Crippen LogP contribution in [0.5, 0.6) is 0 Å². The maximum atomic E-state index is 12.3. The number of carboxylic acid groups (broad SMARTS) is 1. The zero-order chi connectivity index (χ0) is 16.9. The monoisotopic (exact) mass is 350 g/mol. The van der Waals surface area contributed by atoms with Gasteiger partial charge in [0.1, 0.15) is 10.4 Å². The number of amides is 1. The van der Waals surface area contributed by atoms with E-state index in [4.69, 9.17) is 0 Å². The van der Waals surface area contributed by atoms with E-state index in [0.29, 0.717) is 26.2 Å². The first-order valence-corrected chi connectivity index (χ1v) is 9.44. The third-order valence-corrected chi connectivity index (χ3v) is 6.51. The lowest BCUT2D eigenvalue weighted by Crippen LogP contribution is -2.42. The normalized spacial score (nSPS) is 29.1. The van der Waals surface area contributed by atoms with Gasteiger partial charge in [-0.15, -0.1) is 10.2 Å². The number of hydrogen-bond acceptors (Lipinski definition) is 6. The van der Waals surface area contributed by atoms with Crippen molar-refractivity contribution >= 4 is 28.3 Å². The molecule has 2 atom stereocenters. The van der Waals surface area contributed by atoms with Crippen molar-refractivity contribution in [1.29, 1.82) is 0 Å². The SMILES string of the molecule is CCCc1nnc(N2C[C@@H]3CN(C(=O)C4CC4)C[C@]3(C(=O)O)C2)s1. The molecule has 1 amide bonds. The van der Waals surface area contributed by atoms with Crippen LogP contribution in [0.4, 0.5) is 5.13 Å². The number of rotatable bonds is 5. The number of hydrogen-bond donors (Lipinski definition) is 1. The maximum absolute atomic E-state index is 12.3. The standard InChI is InChI=1S/C16H22N4O3S/c1-2-3-12-17-18-15(24-12)20-7-11-6-19(13(21)10-4-5-10)8-16(11,9-20)14(22)23/h10-11H,2-9H2,1H3,(H,22,23)/t11-,16-/m0/s1. The summed E-state index contributed by atoms with van der Waals surface area (Å²) in [5.41, 5.74) is -0.860. The molecule has 1 aliphatic carbocycles. The molecule has 0 spiro atoms. The highest BCUT2D eigenvalue weighted by atomic mass is 32.1. The summed E-state index contributed by atoms with van der Waals surface area (Å²) in [6.45, 7) is 4.05. The summed E-state index contributed by atoms with van der Waals surface area (Å²) in [4.78, 5) is 28.2. The van der Waals surface area contributed by atoms with Crippen LogP contribution < -0.4 is 4.90 Å². The van der Waals surface area contributed by atoms with Gasteiger partial charge in [0.05, 0.1) is 0 Å². The van der Waals surface area contributed by atoms with E-state index in [1.165, 1.54) is 0 Å². The highest BCUT2D eigenvalue weighted by Gasteiger charge is 2.59. The fraction of sp³-hybridized carbons (Fsp3) is 0.750. The number of likely N-dealkylation sites (tertiary alicyclic amines) is 1. The number of aliphatic carboxylic acids is 1. The number of carbonyl (C=O) groups excluding carboxylic acids is 1. The summed E-state index contributed by atoms with van der Waals surface area (Å²) in [6.07, 6.45) is 3.84. The Balaban J connectivity index is 1.52. The molecule has 3 fully saturated rings. The van der Waals surface area contributed by atoms with Crippen LogP contribution in [0.25, 0.3) is 0 Å². The molecule has 0 aromatic carbocycles. The molecule has 2 saturated heterocycles. The van der Waals surface area contributed by atoms with E-state index in [2.05, 4.69) is 22.0 Å². The molecule has 3 heterocycles. The van der Waals surface area contributed by atoms with Crippen LogP contribution in [0.3, 0.4) is 0 Å². The molecule has 0 unspecified atom stereocenters. The first-order chi connectivity index (χ1) is 11.5. The quantitative estimate of drug-likeness (QED) is 0.860. The van der Waals surface area contributed by atoms with Gasteiger partial charge in [0.2, 0.25) is 11.0 Å². The van der Waals surface area contributed by atoms with Gasteiger partial charge < -0.3 is 14.9 Å². The highest BCUT2D eigenvalue weighted by Crippen LogP contribution is 2.46. The molecule has 24 heavy (non-hydrogen) atoms. The third kappa shape index (κ3) is 2.47. The zero-order valence-corrected chi connectivity index (χ0v) is 14.6. The summed E-state index contributed by atoms with van der Waals surface area (Å²) in [7, 11) is 0. The minimum atomic E-state index is -0.860. The van der Waals surface area contributed by atoms with E-state index in [-0.39, 0.29) is 17.7 Å². The van der Waals surface area contributed by atoms with Crippen LogP contribution in [0.1, 0.15) is 31.2 Å². The smallest absolute Gasteiger partial charge is 0.313 e. The van der Waals surface area contributed by atoms with Gasteiger partial charge in [-0.2, -0.15) is 0 Å². The maximum Gasteiger partial charge on any atom is 0.313 e. The zero-order valence-electron chi connectivity index (χ0n) is 13.8. The predicted octanol–water partition coefficient (Wildman–Crippen LogP) is 1.25. The lowest BCUT2D eigenvalue weighted by Gasteiger charge is -2.25. The van der Waals surface area contributed by atoms with Crippen molar-refractivity contribution in [2.75, 3.05) is 31.1 Å². The van der Waals surface area contributed by atoms with Gasteiger partial charge in [-0.25, -0.2) is 0 Å². The molecule has 2 aliphatic heterocycles. The lowest BCUT2D eigenvalue weighted by atomic mass is 9.81. The molecule has 0 bridgehead atoms. The fourth-order valence-electron chi connectivity index (χ4n) is 3.96. The number of fused-ring (bicyclic) bond motifs is 1. The average Bonchev–Trinajstić information content (AvgIpc) is 3.00. The molecule has 1 aromatic rings. The Bertz CT molecular complexity index is 674. The van der Waals surface area contributed by atoms with Crippen molar-refractivity contribution in [2.45, 2.75) is 32.6 Å². The molecule has 3 aliphatic rings. The van der Waals surface area contributed by atoms with Crippen LogP contribution in [0, 0.1) is 17.3 Å².